The Kier molecular flexibility index (Phi) is 7.11. The van der Waals surface area contributed by atoms with Crippen molar-refractivity contribution in [2.24, 2.45) is 4.99 Å². The molecule has 0 saturated carbocycles. The van der Waals surface area contributed by atoms with Crippen LogP contribution in [0.3, 0.4) is 0 Å². The van der Waals surface area contributed by atoms with Crippen LogP contribution in [0, 0.1) is 0 Å². The van der Waals surface area contributed by atoms with Crippen LogP contribution in [-0.4, -0.2) is 6.21 Å². The predicted octanol–water partition coefficient (Wildman–Crippen LogP) is 3.91. The number of aliphatic imine (C=N–C) groups is 1. The van der Waals surface area contributed by atoms with E-state index in [4.69, 9.17) is 0 Å². The van der Waals surface area contributed by atoms with E-state index in [1.165, 1.54) is 12.3 Å². The van der Waals surface area contributed by atoms with Gasteiger partial charge in [-0.3, -0.25) is 4.99 Å². The fraction of sp³-hybridized carbons (Fsp3) is 0.100. The van der Waals surface area contributed by atoms with E-state index in [1.54, 1.807) is 25.2 Å². The molecule has 3 heteroatoms. The second-order valence-corrected chi connectivity index (χ2v) is 2.96. The van der Waals surface area contributed by atoms with Gasteiger partial charge in [-0.05, 0) is 19.1 Å². The topological polar surface area (TPSA) is 12.4 Å². The van der Waals surface area contributed by atoms with Crippen LogP contribution >= 0.6 is 15.9 Å². The van der Waals surface area contributed by atoms with Crippen LogP contribution in [0.4, 0.5) is 4.39 Å². The second kappa shape index (κ2) is 7.68. The third kappa shape index (κ3) is 7.40. The summed E-state index contributed by atoms with van der Waals surface area (Å²) in [5.41, 5.74) is 0. The van der Waals surface area contributed by atoms with Gasteiger partial charge in [0.05, 0.1) is 6.21 Å². The molecule has 0 atom stereocenters. The molecule has 0 heterocycles. The maximum atomic E-state index is 12.4. The molecular weight excluding hydrogens is 233 g/mol. The van der Waals surface area contributed by atoms with E-state index in [0.29, 0.717) is 0 Å². The minimum Gasteiger partial charge on any atom is -0.262 e. The lowest BCUT2D eigenvalue weighted by Crippen LogP contribution is -1.70. The lowest BCUT2D eigenvalue weighted by molar-refractivity contribution is 0.684. The Labute approximate surface area is 86.2 Å². The molecule has 0 bridgehead atoms. The molecule has 0 radical (unpaired) electrons. The van der Waals surface area contributed by atoms with E-state index in [-0.39, 0.29) is 5.83 Å². The number of hydrogen-bond donors (Lipinski definition) is 0. The van der Waals surface area contributed by atoms with Crippen LogP contribution in [0.5, 0.6) is 0 Å². The molecule has 70 valence electrons. The SMILES string of the molecule is C=C\C(Br)=C/C=C/N=C\C(F)=C/C. The monoisotopic (exact) mass is 243 g/mol. The molecule has 0 spiro atoms. The van der Waals surface area contributed by atoms with E-state index in [2.05, 4.69) is 27.5 Å². The van der Waals surface area contributed by atoms with E-state index in [9.17, 15) is 4.39 Å². The zero-order chi connectivity index (χ0) is 10.1. The van der Waals surface area contributed by atoms with Gasteiger partial charge in [-0.15, -0.1) is 0 Å². The van der Waals surface area contributed by atoms with Gasteiger partial charge in [-0.25, -0.2) is 4.39 Å². The fourth-order valence-corrected chi connectivity index (χ4v) is 0.594. The van der Waals surface area contributed by atoms with Crippen molar-refractivity contribution in [3.63, 3.8) is 0 Å². The van der Waals surface area contributed by atoms with Crippen molar-refractivity contribution in [1.29, 1.82) is 0 Å². The Bertz CT molecular complexity index is 275. The largest absolute Gasteiger partial charge is 0.262 e. The smallest absolute Gasteiger partial charge is 0.137 e. The van der Waals surface area contributed by atoms with Gasteiger partial charge in [-0.1, -0.05) is 34.7 Å². The van der Waals surface area contributed by atoms with E-state index in [1.807, 2.05) is 0 Å². The van der Waals surface area contributed by atoms with Gasteiger partial charge >= 0.3 is 0 Å². The molecule has 0 aromatic heterocycles. The van der Waals surface area contributed by atoms with Gasteiger partial charge in [0.1, 0.15) is 5.83 Å². The molecule has 1 nitrogen and oxygen atoms in total. The van der Waals surface area contributed by atoms with Crippen molar-refractivity contribution >= 4 is 22.1 Å². The Hall–Kier alpha value is -0.960. The minimum absolute atomic E-state index is 0.351. The summed E-state index contributed by atoms with van der Waals surface area (Å²) < 4.78 is 13.3. The Morgan fingerprint density at radius 1 is 1.54 bits per heavy atom. The quantitative estimate of drug-likeness (QED) is 0.525. The first-order chi connectivity index (χ1) is 6.20. The molecule has 0 unspecified atom stereocenters. The molecular formula is C10H11BrFN. The van der Waals surface area contributed by atoms with Gasteiger partial charge in [0.15, 0.2) is 0 Å². The van der Waals surface area contributed by atoms with Crippen molar-refractivity contribution in [3.05, 3.63) is 47.4 Å². The van der Waals surface area contributed by atoms with Gasteiger partial charge in [-0.2, -0.15) is 0 Å². The number of rotatable bonds is 4. The molecule has 0 aliphatic heterocycles. The third-order valence-corrected chi connectivity index (χ3v) is 1.68. The van der Waals surface area contributed by atoms with Crippen molar-refractivity contribution in [2.45, 2.75) is 6.92 Å². The minimum atomic E-state index is -0.351. The Balaban J connectivity index is 4.02. The number of halogens is 2. The second-order valence-electron chi connectivity index (χ2n) is 2.05. The van der Waals surface area contributed by atoms with Crippen molar-refractivity contribution < 1.29 is 4.39 Å². The zero-order valence-corrected chi connectivity index (χ0v) is 8.96. The van der Waals surface area contributed by atoms with Gasteiger partial charge < -0.3 is 0 Å². The summed E-state index contributed by atoms with van der Waals surface area (Å²) in [5.74, 6) is -0.351. The van der Waals surface area contributed by atoms with Crippen LogP contribution < -0.4 is 0 Å². The first kappa shape index (κ1) is 12.0. The van der Waals surface area contributed by atoms with Crippen LogP contribution in [0.2, 0.25) is 0 Å². The maximum Gasteiger partial charge on any atom is 0.137 e. The number of hydrogen-bond acceptors (Lipinski definition) is 1. The molecule has 0 amide bonds. The van der Waals surface area contributed by atoms with E-state index in [0.717, 1.165) is 10.7 Å². The number of allylic oxidation sites excluding steroid dienone is 6. The molecule has 0 aliphatic carbocycles. The lowest BCUT2D eigenvalue weighted by atomic mass is 10.5. The summed E-state index contributed by atoms with van der Waals surface area (Å²) in [6, 6.07) is 0. The first-order valence-electron chi connectivity index (χ1n) is 3.70. The predicted molar refractivity (Wildman–Crippen MR) is 59.7 cm³/mol. The molecule has 0 aromatic rings. The standard InChI is InChI=1S/C10H11BrFN/c1-3-9(11)6-5-7-13-8-10(12)4-2/h3-8H,1H2,2H3/b7-5+,9-6+,10-4+,13-8-. The van der Waals surface area contributed by atoms with Crippen LogP contribution in [0.15, 0.2) is 52.4 Å². The Morgan fingerprint density at radius 3 is 2.77 bits per heavy atom. The molecule has 0 aromatic carbocycles. The summed E-state index contributed by atoms with van der Waals surface area (Å²) >= 11 is 3.23. The lowest BCUT2D eigenvalue weighted by Gasteiger charge is -1.81. The molecule has 13 heavy (non-hydrogen) atoms. The summed E-state index contributed by atoms with van der Waals surface area (Å²) in [5, 5.41) is 0. The summed E-state index contributed by atoms with van der Waals surface area (Å²) in [6.07, 6.45) is 9.08. The zero-order valence-electron chi connectivity index (χ0n) is 7.37. The average molecular weight is 244 g/mol. The van der Waals surface area contributed by atoms with Crippen molar-refractivity contribution in [3.8, 4) is 0 Å². The van der Waals surface area contributed by atoms with E-state index < -0.39 is 0 Å². The van der Waals surface area contributed by atoms with Crippen LogP contribution in [0.1, 0.15) is 6.92 Å². The van der Waals surface area contributed by atoms with E-state index >= 15 is 0 Å². The van der Waals surface area contributed by atoms with Crippen molar-refractivity contribution in [2.75, 3.05) is 0 Å². The van der Waals surface area contributed by atoms with Gasteiger partial charge in [0.25, 0.3) is 0 Å². The highest BCUT2D eigenvalue weighted by molar-refractivity contribution is 9.11. The highest BCUT2D eigenvalue weighted by atomic mass is 79.9. The van der Waals surface area contributed by atoms with Gasteiger partial charge in [0.2, 0.25) is 0 Å². The van der Waals surface area contributed by atoms with Crippen molar-refractivity contribution in [1.82, 2.24) is 0 Å². The maximum absolute atomic E-state index is 12.4. The summed E-state index contributed by atoms with van der Waals surface area (Å²) in [6.45, 7) is 5.15. The third-order valence-electron chi connectivity index (χ3n) is 1.10. The molecule has 0 N–H and O–H groups in total. The molecule has 0 rings (SSSR count). The summed E-state index contributed by atoms with van der Waals surface area (Å²) in [4.78, 5) is 3.70. The van der Waals surface area contributed by atoms with Crippen LogP contribution in [-0.2, 0) is 0 Å². The first-order valence-corrected chi connectivity index (χ1v) is 4.49. The average Bonchev–Trinajstić information content (AvgIpc) is 2.16. The molecule has 0 aliphatic rings. The van der Waals surface area contributed by atoms with Crippen LogP contribution in [0.25, 0.3) is 0 Å². The normalized spacial score (nSPS) is 14.4. The fourth-order valence-electron chi connectivity index (χ4n) is 0.441. The van der Waals surface area contributed by atoms with Gasteiger partial charge in [0, 0.05) is 10.7 Å². The number of nitrogens with zero attached hydrogens (tertiary/aromatic N) is 1. The Morgan fingerprint density at radius 2 is 2.23 bits per heavy atom. The molecule has 0 fully saturated rings. The molecule has 0 saturated heterocycles. The highest BCUT2D eigenvalue weighted by Gasteiger charge is 1.80. The highest BCUT2D eigenvalue weighted by Crippen LogP contribution is 2.04. The summed E-state index contributed by atoms with van der Waals surface area (Å²) in [7, 11) is 0.